The van der Waals surface area contributed by atoms with Gasteiger partial charge in [0.25, 0.3) is 0 Å². The average molecular weight is 360 g/mol. The number of aromatic nitrogens is 4. The third-order valence-electron chi connectivity index (χ3n) is 5.67. The van der Waals surface area contributed by atoms with Crippen LogP contribution in [0.1, 0.15) is 35.7 Å². The summed E-state index contributed by atoms with van der Waals surface area (Å²) in [5.41, 5.74) is 11.7. The molecule has 0 spiro atoms. The van der Waals surface area contributed by atoms with Crippen molar-refractivity contribution in [2.24, 2.45) is 0 Å². The highest BCUT2D eigenvalue weighted by molar-refractivity contribution is 5.82. The van der Waals surface area contributed by atoms with Crippen LogP contribution in [0.3, 0.4) is 0 Å². The standard InChI is InChI=1S/C21H24N6/c1-14-10-21-24-19(11-20(22)27(21)25-14)15-6-8-26(9-7-15)13-16-12-23-18-5-3-2-4-17(16)18/h2-5,10-12,15,23H,6-9,13,22H2,1H3. The molecule has 1 aliphatic heterocycles. The molecule has 138 valence electrons. The third kappa shape index (κ3) is 2.96. The number of aryl methyl sites for hydroxylation is 1. The quantitative estimate of drug-likeness (QED) is 0.586. The van der Waals surface area contributed by atoms with E-state index in [-0.39, 0.29) is 0 Å². The second-order valence-electron chi connectivity index (χ2n) is 7.57. The highest BCUT2D eigenvalue weighted by Gasteiger charge is 2.23. The first-order chi connectivity index (χ1) is 13.2. The number of anilines is 1. The van der Waals surface area contributed by atoms with E-state index >= 15 is 0 Å². The molecule has 0 aliphatic carbocycles. The van der Waals surface area contributed by atoms with Gasteiger partial charge in [0.15, 0.2) is 5.65 Å². The molecular formula is C21H24N6. The van der Waals surface area contributed by atoms with E-state index in [0.29, 0.717) is 11.7 Å². The lowest BCUT2D eigenvalue weighted by Crippen LogP contribution is -2.32. The Labute approximate surface area is 158 Å². The molecule has 4 heterocycles. The Hall–Kier alpha value is -2.86. The minimum Gasteiger partial charge on any atom is -0.384 e. The zero-order valence-corrected chi connectivity index (χ0v) is 15.5. The van der Waals surface area contributed by atoms with Crippen LogP contribution in [-0.2, 0) is 6.54 Å². The predicted molar refractivity (Wildman–Crippen MR) is 108 cm³/mol. The first kappa shape index (κ1) is 16.3. The van der Waals surface area contributed by atoms with E-state index in [2.05, 4.69) is 45.4 Å². The van der Waals surface area contributed by atoms with Gasteiger partial charge in [-0.1, -0.05) is 18.2 Å². The number of H-pyrrole nitrogens is 1. The first-order valence-electron chi connectivity index (χ1n) is 9.57. The number of rotatable bonds is 3. The summed E-state index contributed by atoms with van der Waals surface area (Å²) in [4.78, 5) is 10.7. The van der Waals surface area contributed by atoms with Gasteiger partial charge in [0.1, 0.15) is 5.82 Å². The highest BCUT2D eigenvalue weighted by atomic mass is 15.3. The summed E-state index contributed by atoms with van der Waals surface area (Å²) in [7, 11) is 0. The van der Waals surface area contributed by atoms with Gasteiger partial charge < -0.3 is 10.7 Å². The van der Waals surface area contributed by atoms with Crippen molar-refractivity contribution < 1.29 is 0 Å². The van der Waals surface area contributed by atoms with Crippen LogP contribution >= 0.6 is 0 Å². The molecule has 6 heteroatoms. The highest BCUT2D eigenvalue weighted by Crippen LogP contribution is 2.30. The van der Waals surface area contributed by atoms with Crippen molar-refractivity contribution in [2.75, 3.05) is 18.8 Å². The summed E-state index contributed by atoms with van der Waals surface area (Å²) in [5, 5.41) is 5.72. The van der Waals surface area contributed by atoms with Crippen molar-refractivity contribution in [1.29, 1.82) is 0 Å². The van der Waals surface area contributed by atoms with Crippen LogP contribution in [0.2, 0.25) is 0 Å². The monoisotopic (exact) mass is 360 g/mol. The van der Waals surface area contributed by atoms with Crippen molar-refractivity contribution in [3.63, 3.8) is 0 Å². The normalized spacial score (nSPS) is 16.5. The molecule has 0 bridgehead atoms. The van der Waals surface area contributed by atoms with Crippen molar-refractivity contribution in [1.82, 2.24) is 24.5 Å². The maximum Gasteiger partial charge on any atom is 0.157 e. The molecule has 1 saturated heterocycles. The maximum absolute atomic E-state index is 6.19. The van der Waals surface area contributed by atoms with Gasteiger partial charge in [0.05, 0.1) is 5.69 Å². The Morgan fingerprint density at radius 1 is 1.19 bits per heavy atom. The van der Waals surface area contributed by atoms with Gasteiger partial charge >= 0.3 is 0 Å². The second-order valence-corrected chi connectivity index (χ2v) is 7.57. The van der Waals surface area contributed by atoms with Gasteiger partial charge in [0, 0.05) is 47.4 Å². The number of benzene rings is 1. The molecule has 0 atom stereocenters. The summed E-state index contributed by atoms with van der Waals surface area (Å²) in [5.74, 6) is 1.14. The Morgan fingerprint density at radius 2 is 2.00 bits per heavy atom. The fourth-order valence-electron chi connectivity index (χ4n) is 4.23. The molecule has 3 N–H and O–H groups in total. The van der Waals surface area contributed by atoms with Gasteiger partial charge in [-0.25, -0.2) is 4.98 Å². The Morgan fingerprint density at radius 3 is 2.85 bits per heavy atom. The van der Waals surface area contributed by atoms with Gasteiger partial charge in [-0.3, -0.25) is 4.90 Å². The molecule has 0 radical (unpaired) electrons. The van der Waals surface area contributed by atoms with Crippen molar-refractivity contribution >= 4 is 22.4 Å². The number of piperidine rings is 1. The molecule has 1 fully saturated rings. The van der Waals surface area contributed by atoms with Gasteiger partial charge in [-0.2, -0.15) is 9.61 Å². The molecule has 0 unspecified atom stereocenters. The fraction of sp³-hybridized carbons (Fsp3) is 0.333. The largest absolute Gasteiger partial charge is 0.384 e. The molecule has 0 amide bonds. The summed E-state index contributed by atoms with van der Waals surface area (Å²) < 4.78 is 1.73. The van der Waals surface area contributed by atoms with Gasteiger partial charge in [-0.15, -0.1) is 0 Å². The molecule has 4 aromatic rings. The van der Waals surface area contributed by atoms with Crippen LogP contribution in [0.4, 0.5) is 5.82 Å². The molecule has 1 aliphatic rings. The maximum atomic E-state index is 6.19. The van der Waals surface area contributed by atoms with E-state index in [0.717, 1.165) is 49.5 Å². The lowest BCUT2D eigenvalue weighted by atomic mass is 9.93. The summed E-state index contributed by atoms with van der Waals surface area (Å²) in [6, 6.07) is 12.5. The van der Waals surface area contributed by atoms with Crippen molar-refractivity contribution in [2.45, 2.75) is 32.2 Å². The van der Waals surface area contributed by atoms with E-state index in [4.69, 9.17) is 10.7 Å². The van der Waals surface area contributed by atoms with Crippen LogP contribution in [0, 0.1) is 6.92 Å². The minimum atomic E-state index is 0.465. The predicted octanol–water partition coefficient (Wildman–Crippen LogP) is 3.48. The second kappa shape index (κ2) is 6.39. The van der Waals surface area contributed by atoms with E-state index < -0.39 is 0 Å². The SMILES string of the molecule is Cc1cc2nc(C3CCN(Cc4c[nH]c5ccccc45)CC3)cc(N)n2n1. The number of likely N-dealkylation sites (tertiary alicyclic amines) is 1. The Kier molecular flexibility index (Phi) is 3.86. The van der Waals surface area contributed by atoms with Crippen LogP contribution in [0.5, 0.6) is 0 Å². The van der Waals surface area contributed by atoms with Crippen LogP contribution in [-0.4, -0.2) is 37.6 Å². The number of nitrogens with zero attached hydrogens (tertiary/aromatic N) is 4. The molecule has 6 nitrogen and oxygen atoms in total. The number of nitrogen functional groups attached to an aromatic ring is 1. The number of aromatic amines is 1. The van der Waals surface area contributed by atoms with Crippen molar-refractivity contribution in [3.05, 3.63) is 59.5 Å². The zero-order chi connectivity index (χ0) is 18.4. The number of hydrogen-bond acceptors (Lipinski definition) is 4. The molecule has 5 rings (SSSR count). The zero-order valence-electron chi connectivity index (χ0n) is 15.5. The number of para-hydroxylation sites is 1. The van der Waals surface area contributed by atoms with Gasteiger partial charge in [0.2, 0.25) is 0 Å². The van der Waals surface area contributed by atoms with E-state index in [1.54, 1.807) is 4.52 Å². The number of fused-ring (bicyclic) bond motifs is 2. The molecular weight excluding hydrogens is 336 g/mol. The lowest BCUT2D eigenvalue weighted by molar-refractivity contribution is 0.204. The van der Waals surface area contributed by atoms with E-state index in [1.807, 2.05) is 19.1 Å². The minimum absolute atomic E-state index is 0.465. The van der Waals surface area contributed by atoms with E-state index in [9.17, 15) is 0 Å². The molecule has 1 aromatic carbocycles. The number of nitrogens with two attached hydrogens (primary N) is 1. The Bertz CT molecular complexity index is 1100. The van der Waals surface area contributed by atoms with Crippen LogP contribution in [0.15, 0.2) is 42.6 Å². The first-order valence-corrected chi connectivity index (χ1v) is 9.57. The summed E-state index contributed by atoms with van der Waals surface area (Å²) in [6.07, 6.45) is 4.37. The lowest BCUT2D eigenvalue weighted by Gasteiger charge is -2.31. The van der Waals surface area contributed by atoms with E-state index in [1.165, 1.54) is 16.5 Å². The van der Waals surface area contributed by atoms with Crippen LogP contribution in [0.25, 0.3) is 16.6 Å². The van der Waals surface area contributed by atoms with Crippen LogP contribution < -0.4 is 5.73 Å². The average Bonchev–Trinajstić information content (AvgIpc) is 3.26. The summed E-state index contributed by atoms with van der Waals surface area (Å²) in [6.45, 7) is 5.12. The molecule has 3 aromatic heterocycles. The smallest absolute Gasteiger partial charge is 0.157 e. The molecule has 27 heavy (non-hydrogen) atoms. The number of hydrogen-bond donors (Lipinski definition) is 2. The van der Waals surface area contributed by atoms with Gasteiger partial charge in [-0.05, 0) is 44.5 Å². The van der Waals surface area contributed by atoms with Crippen molar-refractivity contribution in [3.8, 4) is 0 Å². The Balaban J connectivity index is 1.30. The number of nitrogens with one attached hydrogen (secondary N) is 1. The third-order valence-corrected chi connectivity index (χ3v) is 5.67. The summed E-state index contributed by atoms with van der Waals surface area (Å²) >= 11 is 0. The topological polar surface area (TPSA) is 75.2 Å². The molecule has 0 saturated carbocycles. The fourth-order valence-corrected chi connectivity index (χ4v) is 4.23.